The summed E-state index contributed by atoms with van der Waals surface area (Å²) in [5, 5.41) is 14.5. The Balaban J connectivity index is 1.40. The minimum Gasteiger partial charge on any atom is -0.363 e. The van der Waals surface area contributed by atoms with Gasteiger partial charge in [-0.25, -0.2) is 4.68 Å². The van der Waals surface area contributed by atoms with Gasteiger partial charge in [0.2, 0.25) is 0 Å². The van der Waals surface area contributed by atoms with Crippen LogP contribution in [0.15, 0.2) is 66.7 Å². The second-order valence-corrected chi connectivity index (χ2v) is 8.90. The Labute approximate surface area is 205 Å². The fraction of sp³-hybridized carbons (Fsp3) is 0.269. The second kappa shape index (κ2) is 9.18. The fourth-order valence-electron chi connectivity index (χ4n) is 4.55. The molecule has 0 saturated carbocycles. The number of aromatic nitrogens is 4. The van der Waals surface area contributed by atoms with Gasteiger partial charge in [-0.2, -0.15) is 23.4 Å². The van der Waals surface area contributed by atoms with Gasteiger partial charge in [-0.15, -0.1) is 0 Å². The molecule has 0 aliphatic carbocycles. The molecule has 0 radical (unpaired) electrons. The van der Waals surface area contributed by atoms with E-state index in [1.54, 1.807) is 35.9 Å². The lowest BCUT2D eigenvalue weighted by atomic mass is 9.97. The van der Waals surface area contributed by atoms with Gasteiger partial charge in [0.25, 0.3) is 5.91 Å². The molecule has 0 saturated heterocycles. The van der Waals surface area contributed by atoms with Crippen molar-refractivity contribution < 1.29 is 18.0 Å². The maximum atomic E-state index is 14.0. The van der Waals surface area contributed by atoms with Gasteiger partial charge < -0.3 is 10.6 Å². The first-order valence-electron chi connectivity index (χ1n) is 11.6. The van der Waals surface area contributed by atoms with Crippen LogP contribution in [0, 0.1) is 13.8 Å². The number of fused-ring (bicyclic) bond motifs is 1. The van der Waals surface area contributed by atoms with Crippen LogP contribution >= 0.6 is 0 Å². The Hall–Kier alpha value is -4.08. The van der Waals surface area contributed by atoms with Crippen LogP contribution in [-0.4, -0.2) is 31.6 Å². The van der Waals surface area contributed by atoms with Crippen molar-refractivity contribution in [3.05, 3.63) is 94.9 Å². The van der Waals surface area contributed by atoms with E-state index in [4.69, 9.17) is 0 Å². The Morgan fingerprint density at radius 1 is 1.06 bits per heavy atom. The third-order valence-electron chi connectivity index (χ3n) is 6.42. The molecule has 4 aromatic rings. The van der Waals surface area contributed by atoms with Crippen LogP contribution in [0.1, 0.15) is 51.5 Å². The standard InChI is InChI=1S/C26H25F3N6O/c1-16-24(17(2)34(32-16)15-18-9-5-3-6-10-18)31-25(36)21-14-23-30-20(19-11-7-4-8-12-19)13-22(26(27,28)29)35(23)33-21/h3-12,14,20,22,30H,13,15H2,1-2H3,(H,31,36)/t20-,22+/m1/s1. The Morgan fingerprint density at radius 3 is 2.39 bits per heavy atom. The smallest absolute Gasteiger partial charge is 0.363 e. The highest BCUT2D eigenvalue weighted by Crippen LogP contribution is 2.43. The van der Waals surface area contributed by atoms with E-state index >= 15 is 0 Å². The lowest BCUT2D eigenvalue weighted by molar-refractivity contribution is -0.173. The molecule has 2 atom stereocenters. The van der Waals surface area contributed by atoms with E-state index in [-0.39, 0.29) is 17.9 Å². The van der Waals surface area contributed by atoms with Crippen molar-refractivity contribution in [3.63, 3.8) is 0 Å². The molecule has 2 N–H and O–H groups in total. The molecule has 1 aliphatic heterocycles. The molecule has 0 fully saturated rings. The summed E-state index contributed by atoms with van der Waals surface area (Å²) in [6.07, 6.45) is -4.75. The average Bonchev–Trinajstić information content (AvgIpc) is 3.40. The molecule has 5 rings (SSSR count). The summed E-state index contributed by atoms with van der Waals surface area (Å²) < 4.78 is 44.5. The van der Waals surface area contributed by atoms with Crippen LogP contribution in [0.3, 0.4) is 0 Å². The highest BCUT2D eigenvalue weighted by Gasteiger charge is 2.46. The number of nitrogens with one attached hydrogen (secondary N) is 2. The van der Waals surface area contributed by atoms with Gasteiger partial charge in [0.15, 0.2) is 11.7 Å². The van der Waals surface area contributed by atoms with Crippen molar-refractivity contribution in [2.75, 3.05) is 10.6 Å². The van der Waals surface area contributed by atoms with Crippen molar-refractivity contribution in [1.29, 1.82) is 0 Å². The van der Waals surface area contributed by atoms with Crippen LogP contribution in [0.25, 0.3) is 0 Å². The van der Waals surface area contributed by atoms with Gasteiger partial charge >= 0.3 is 6.18 Å². The second-order valence-electron chi connectivity index (χ2n) is 8.90. The quantitative estimate of drug-likeness (QED) is 0.376. The molecule has 0 unspecified atom stereocenters. The number of hydrogen-bond donors (Lipinski definition) is 2. The first-order valence-corrected chi connectivity index (χ1v) is 11.6. The van der Waals surface area contributed by atoms with Crippen LogP contribution in [0.5, 0.6) is 0 Å². The van der Waals surface area contributed by atoms with E-state index in [2.05, 4.69) is 20.8 Å². The zero-order valence-electron chi connectivity index (χ0n) is 19.8. The number of aryl methyl sites for hydroxylation is 1. The molecular weight excluding hydrogens is 469 g/mol. The van der Waals surface area contributed by atoms with E-state index in [1.165, 1.54) is 6.07 Å². The zero-order chi connectivity index (χ0) is 25.4. The molecule has 186 valence electrons. The minimum atomic E-state index is -4.52. The lowest BCUT2D eigenvalue weighted by Crippen LogP contribution is -2.35. The minimum absolute atomic E-state index is 0.102. The van der Waals surface area contributed by atoms with E-state index < -0.39 is 24.2 Å². The normalized spacial score (nSPS) is 17.4. The van der Waals surface area contributed by atoms with Gasteiger partial charge in [-0.1, -0.05) is 60.7 Å². The predicted molar refractivity (Wildman–Crippen MR) is 130 cm³/mol. The number of amides is 1. The van der Waals surface area contributed by atoms with E-state index in [9.17, 15) is 18.0 Å². The van der Waals surface area contributed by atoms with Gasteiger partial charge in [0.05, 0.1) is 29.7 Å². The summed E-state index contributed by atoms with van der Waals surface area (Å²) in [6.45, 7) is 4.14. The van der Waals surface area contributed by atoms with Crippen molar-refractivity contribution in [2.24, 2.45) is 0 Å². The van der Waals surface area contributed by atoms with Crippen molar-refractivity contribution >= 4 is 17.4 Å². The van der Waals surface area contributed by atoms with Crippen molar-refractivity contribution in [1.82, 2.24) is 19.6 Å². The average molecular weight is 495 g/mol. The number of hydrogen-bond acceptors (Lipinski definition) is 4. The molecule has 1 amide bonds. The van der Waals surface area contributed by atoms with E-state index in [1.807, 2.05) is 43.3 Å². The number of anilines is 2. The molecule has 2 aromatic carbocycles. The van der Waals surface area contributed by atoms with Crippen LogP contribution in [0.2, 0.25) is 0 Å². The fourth-order valence-corrected chi connectivity index (χ4v) is 4.55. The number of rotatable bonds is 5. The van der Waals surface area contributed by atoms with E-state index in [0.717, 1.165) is 21.5 Å². The van der Waals surface area contributed by atoms with Gasteiger partial charge in [0, 0.05) is 12.5 Å². The molecule has 36 heavy (non-hydrogen) atoms. The number of carbonyl (C=O) groups is 1. The molecule has 1 aliphatic rings. The summed E-state index contributed by atoms with van der Waals surface area (Å²) in [5.41, 5.74) is 3.56. The zero-order valence-corrected chi connectivity index (χ0v) is 19.8. The Bertz CT molecular complexity index is 1380. The third-order valence-corrected chi connectivity index (χ3v) is 6.42. The van der Waals surface area contributed by atoms with Crippen LogP contribution in [0.4, 0.5) is 24.7 Å². The number of nitrogens with zero attached hydrogens (tertiary/aromatic N) is 4. The SMILES string of the molecule is Cc1nn(Cc2ccccc2)c(C)c1NC(=O)c1cc2n(n1)[C@H](C(F)(F)F)C[C@H](c1ccccc1)N2. The number of benzene rings is 2. The number of halogens is 3. The van der Waals surface area contributed by atoms with E-state index in [0.29, 0.717) is 17.9 Å². The molecule has 3 heterocycles. The molecule has 0 bridgehead atoms. The predicted octanol–water partition coefficient (Wildman–Crippen LogP) is 5.66. The largest absolute Gasteiger partial charge is 0.410 e. The molecule has 10 heteroatoms. The number of alkyl halides is 3. The van der Waals surface area contributed by atoms with Gasteiger partial charge in [-0.3, -0.25) is 9.48 Å². The first-order chi connectivity index (χ1) is 17.2. The van der Waals surface area contributed by atoms with Crippen LogP contribution < -0.4 is 10.6 Å². The first kappa shape index (κ1) is 23.7. The molecule has 7 nitrogen and oxygen atoms in total. The summed E-state index contributed by atoms with van der Waals surface area (Å²) in [5.74, 6) is -0.447. The van der Waals surface area contributed by atoms with Crippen molar-refractivity contribution in [2.45, 2.75) is 45.1 Å². The third kappa shape index (κ3) is 4.58. The maximum absolute atomic E-state index is 14.0. The monoisotopic (exact) mass is 494 g/mol. The van der Waals surface area contributed by atoms with Crippen LogP contribution in [-0.2, 0) is 6.54 Å². The lowest BCUT2D eigenvalue weighted by Gasteiger charge is -2.33. The highest BCUT2D eigenvalue weighted by molar-refractivity contribution is 6.04. The summed E-state index contributed by atoms with van der Waals surface area (Å²) in [7, 11) is 0. The Kier molecular flexibility index (Phi) is 6.03. The summed E-state index contributed by atoms with van der Waals surface area (Å²) in [4.78, 5) is 13.1. The summed E-state index contributed by atoms with van der Waals surface area (Å²) >= 11 is 0. The van der Waals surface area contributed by atoms with Crippen molar-refractivity contribution in [3.8, 4) is 0 Å². The molecular formula is C26H25F3N6O. The molecule has 2 aromatic heterocycles. The Morgan fingerprint density at radius 2 is 1.72 bits per heavy atom. The highest BCUT2D eigenvalue weighted by atomic mass is 19.4. The topological polar surface area (TPSA) is 76.8 Å². The van der Waals surface area contributed by atoms with Gasteiger partial charge in [-0.05, 0) is 25.0 Å². The molecule has 0 spiro atoms. The van der Waals surface area contributed by atoms with Gasteiger partial charge in [0.1, 0.15) is 5.82 Å². The number of carbonyl (C=O) groups excluding carboxylic acids is 1. The maximum Gasteiger partial charge on any atom is 0.410 e. The summed E-state index contributed by atoms with van der Waals surface area (Å²) in [6, 6.07) is 17.7.